The maximum absolute atomic E-state index is 12.7. The quantitative estimate of drug-likeness (QED) is 0.0295. The van der Waals surface area contributed by atoms with E-state index in [1.54, 1.807) is 0 Å². The van der Waals surface area contributed by atoms with Gasteiger partial charge in [0.1, 0.15) is 19.3 Å². The summed E-state index contributed by atoms with van der Waals surface area (Å²) in [5, 5.41) is 24.4. The molecule has 3 N–H and O–H groups in total. The predicted octanol–water partition coefficient (Wildman–Crippen LogP) is 7.36. The average molecular weight is 675 g/mol. The number of nitrogens with one attached hydrogen (secondary N) is 1. The standard InChI is InChI=1S/C36H71N2O7P/c1-6-8-10-12-14-16-18-19-20-22-24-26-28-34(39)36(41)33(32-45-46(42,43)44-31-30-38(3,4)5)37-35(40)29-27-25-23-21-17-15-13-11-9-7-2/h11,13,20,22,33-34,36,39,41H,6-10,12,14-19,21,23-32H2,1-5H3,(H-,37,40,42,43)/b13-11-,22-20+. The summed E-state index contributed by atoms with van der Waals surface area (Å²) >= 11 is 0. The van der Waals surface area contributed by atoms with Crippen LogP contribution in [0.1, 0.15) is 142 Å². The molecule has 0 aliphatic carbocycles. The van der Waals surface area contributed by atoms with Crippen LogP contribution in [0.15, 0.2) is 24.3 Å². The van der Waals surface area contributed by atoms with Gasteiger partial charge in [-0.25, -0.2) is 0 Å². The van der Waals surface area contributed by atoms with E-state index >= 15 is 0 Å². The molecule has 46 heavy (non-hydrogen) atoms. The highest BCUT2D eigenvalue weighted by Gasteiger charge is 2.29. The molecule has 4 unspecified atom stereocenters. The van der Waals surface area contributed by atoms with Crippen molar-refractivity contribution in [1.82, 2.24) is 5.32 Å². The first-order chi connectivity index (χ1) is 21.9. The van der Waals surface area contributed by atoms with E-state index in [2.05, 4.69) is 43.5 Å². The van der Waals surface area contributed by atoms with E-state index in [9.17, 15) is 24.5 Å². The summed E-state index contributed by atoms with van der Waals surface area (Å²) < 4.78 is 22.9. The number of carbonyl (C=O) groups excluding carboxylic acids is 1. The first-order valence-electron chi connectivity index (χ1n) is 18.3. The SMILES string of the molecule is CCC/C=C\CCCCCCCC(=O)NC(COP(=O)([O-])OCC[N+](C)(C)C)C(O)C(O)CCC/C=C/CCCCCCCCC. The first kappa shape index (κ1) is 44.9. The van der Waals surface area contributed by atoms with E-state index in [1.165, 1.54) is 51.4 Å². The highest BCUT2D eigenvalue weighted by Crippen LogP contribution is 2.38. The molecule has 0 aliphatic rings. The minimum Gasteiger partial charge on any atom is -0.756 e. The maximum atomic E-state index is 12.7. The third-order valence-corrected chi connectivity index (χ3v) is 8.95. The van der Waals surface area contributed by atoms with Gasteiger partial charge in [-0.15, -0.1) is 0 Å². The predicted molar refractivity (Wildman–Crippen MR) is 188 cm³/mol. The van der Waals surface area contributed by atoms with Crippen molar-refractivity contribution >= 4 is 13.7 Å². The van der Waals surface area contributed by atoms with Gasteiger partial charge in [0, 0.05) is 6.42 Å². The fourth-order valence-corrected chi connectivity index (χ4v) is 5.68. The van der Waals surface area contributed by atoms with Crippen LogP contribution < -0.4 is 10.2 Å². The Hall–Kier alpha value is -1.06. The molecule has 4 atom stereocenters. The van der Waals surface area contributed by atoms with E-state index in [0.717, 1.165) is 51.4 Å². The van der Waals surface area contributed by atoms with E-state index in [4.69, 9.17) is 9.05 Å². The Bertz CT molecular complexity index is 832. The van der Waals surface area contributed by atoms with Crippen LogP contribution in [0.4, 0.5) is 0 Å². The number of quaternary nitrogens is 1. The number of allylic oxidation sites excluding steroid dienone is 4. The Morgan fingerprint density at radius 2 is 1.28 bits per heavy atom. The number of phosphoric acid groups is 1. The van der Waals surface area contributed by atoms with Crippen LogP contribution in [-0.4, -0.2) is 79.8 Å². The maximum Gasteiger partial charge on any atom is 0.268 e. The molecular weight excluding hydrogens is 603 g/mol. The van der Waals surface area contributed by atoms with Gasteiger partial charge in [0.25, 0.3) is 7.82 Å². The zero-order valence-corrected chi connectivity index (χ0v) is 31.0. The lowest BCUT2D eigenvalue weighted by Crippen LogP contribution is -2.51. The van der Waals surface area contributed by atoms with Crippen molar-refractivity contribution in [2.45, 2.75) is 161 Å². The topological polar surface area (TPSA) is 128 Å². The molecular formula is C36H71N2O7P. The summed E-state index contributed by atoms with van der Waals surface area (Å²) in [4.78, 5) is 25.1. The van der Waals surface area contributed by atoms with Crippen LogP contribution >= 0.6 is 7.82 Å². The second kappa shape index (κ2) is 28.9. The summed E-state index contributed by atoms with van der Waals surface area (Å²) in [6, 6.07) is -1.09. The van der Waals surface area contributed by atoms with Crippen LogP contribution in [0.3, 0.4) is 0 Å². The molecule has 0 radical (unpaired) electrons. The molecule has 0 saturated carbocycles. The molecule has 0 fully saturated rings. The number of rotatable bonds is 32. The summed E-state index contributed by atoms with van der Waals surface area (Å²) in [5.41, 5.74) is 0. The van der Waals surface area contributed by atoms with Gasteiger partial charge in [0.15, 0.2) is 0 Å². The number of aliphatic hydroxyl groups is 2. The van der Waals surface area contributed by atoms with Gasteiger partial charge in [-0.3, -0.25) is 9.36 Å². The lowest BCUT2D eigenvalue weighted by molar-refractivity contribution is -0.870. The zero-order chi connectivity index (χ0) is 34.5. The average Bonchev–Trinajstić information content (AvgIpc) is 2.99. The number of hydrogen-bond acceptors (Lipinski definition) is 7. The van der Waals surface area contributed by atoms with Gasteiger partial charge < -0.3 is 34.0 Å². The second-order valence-electron chi connectivity index (χ2n) is 13.7. The van der Waals surface area contributed by atoms with Gasteiger partial charge in [0.05, 0.1) is 39.9 Å². The Morgan fingerprint density at radius 3 is 1.85 bits per heavy atom. The van der Waals surface area contributed by atoms with E-state index in [-0.39, 0.29) is 18.9 Å². The Kier molecular flexibility index (Phi) is 28.2. The normalized spacial score (nSPS) is 15.7. The van der Waals surface area contributed by atoms with Crippen LogP contribution in [0.2, 0.25) is 0 Å². The highest BCUT2D eigenvalue weighted by atomic mass is 31.2. The summed E-state index contributed by atoms with van der Waals surface area (Å²) in [5.74, 6) is -0.303. The first-order valence-corrected chi connectivity index (χ1v) is 19.7. The fourth-order valence-electron chi connectivity index (χ4n) is 4.96. The van der Waals surface area contributed by atoms with Crippen molar-refractivity contribution in [2.24, 2.45) is 0 Å². The van der Waals surface area contributed by atoms with Crippen LogP contribution in [0.5, 0.6) is 0 Å². The third kappa shape index (κ3) is 29.1. The van der Waals surface area contributed by atoms with Crippen LogP contribution in [0, 0.1) is 0 Å². The molecule has 0 rings (SSSR count). The fraction of sp³-hybridized carbons (Fsp3) is 0.861. The molecule has 0 spiro atoms. The van der Waals surface area contributed by atoms with Gasteiger partial charge in [0.2, 0.25) is 5.91 Å². The van der Waals surface area contributed by atoms with Crippen molar-refractivity contribution in [3.63, 3.8) is 0 Å². The van der Waals surface area contributed by atoms with E-state index in [1.807, 2.05) is 21.1 Å². The molecule has 272 valence electrons. The summed E-state index contributed by atoms with van der Waals surface area (Å²) in [6.45, 7) is 4.29. The molecule has 0 aromatic rings. The van der Waals surface area contributed by atoms with Gasteiger partial charge >= 0.3 is 0 Å². The Morgan fingerprint density at radius 1 is 0.761 bits per heavy atom. The number of likely N-dealkylation sites (N-methyl/N-ethyl adjacent to an activating group) is 1. The molecule has 1 amide bonds. The lowest BCUT2D eigenvalue weighted by Gasteiger charge is -2.31. The number of nitrogens with zero attached hydrogens (tertiary/aromatic N) is 1. The molecule has 0 aromatic carbocycles. The van der Waals surface area contributed by atoms with Crippen LogP contribution in [0.25, 0.3) is 0 Å². The molecule has 0 heterocycles. The van der Waals surface area contributed by atoms with Gasteiger partial charge in [-0.05, 0) is 57.8 Å². The molecule has 10 heteroatoms. The van der Waals surface area contributed by atoms with E-state index in [0.29, 0.717) is 30.3 Å². The van der Waals surface area contributed by atoms with Crippen LogP contribution in [-0.2, 0) is 18.4 Å². The minimum absolute atomic E-state index is 0.0476. The number of carbonyl (C=O) groups is 1. The molecule has 0 aliphatic heterocycles. The van der Waals surface area contributed by atoms with Crippen molar-refractivity contribution in [2.75, 3.05) is 40.9 Å². The number of hydrogen-bond donors (Lipinski definition) is 3. The Labute approximate surface area is 282 Å². The molecule has 0 saturated heterocycles. The zero-order valence-electron chi connectivity index (χ0n) is 30.1. The van der Waals surface area contributed by atoms with Gasteiger partial charge in [-0.1, -0.05) is 102 Å². The third-order valence-electron chi connectivity index (χ3n) is 7.98. The van der Waals surface area contributed by atoms with E-state index < -0.39 is 32.7 Å². The smallest absolute Gasteiger partial charge is 0.268 e. The number of aliphatic hydroxyl groups excluding tert-OH is 2. The lowest BCUT2D eigenvalue weighted by atomic mass is 10.0. The number of amides is 1. The van der Waals surface area contributed by atoms with Crippen molar-refractivity contribution in [1.29, 1.82) is 0 Å². The monoisotopic (exact) mass is 674 g/mol. The summed E-state index contributed by atoms with van der Waals surface area (Å²) in [6.07, 6.45) is 26.6. The Balaban J connectivity index is 4.73. The highest BCUT2D eigenvalue weighted by molar-refractivity contribution is 7.45. The largest absolute Gasteiger partial charge is 0.756 e. The van der Waals surface area contributed by atoms with Crippen molar-refractivity contribution in [3.05, 3.63) is 24.3 Å². The number of phosphoric ester groups is 1. The minimum atomic E-state index is -4.66. The van der Waals surface area contributed by atoms with Gasteiger partial charge in [-0.2, -0.15) is 0 Å². The molecule has 0 bridgehead atoms. The molecule has 9 nitrogen and oxygen atoms in total. The second-order valence-corrected chi connectivity index (χ2v) is 15.1. The van der Waals surface area contributed by atoms with Crippen molar-refractivity contribution < 1.29 is 38.0 Å². The number of unbranched alkanes of at least 4 members (excludes halogenated alkanes) is 14. The van der Waals surface area contributed by atoms with Crippen molar-refractivity contribution in [3.8, 4) is 0 Å². The summed E-state index contributed by atoms with van der Waals surface area (Å²) in [7, 11) is 1.09. The molecule has 0 aromatic heterocycles.